The van der Waals surface area contributed by atoms with E-state index >= 15 is 0 Å². The van der Waals surface area contributed by atoms with E-state index in [9.17, 15) is 24.3 Å². The van der Waals surface area contributed by atoms with E-state index in [4.69, 9.17) is 10.5 Å². The van der Waals surface area contributed by atoms with Gasteiger partial charge in [-0.15, -0.1) is 23.1 Å². The van der Waals surface area contributed by atoms with Crippen LogP contribution in [0.5, 0.6) is 0 Å². The highest BCUT2D eigenvalue weighted by Gasteiger charge is 2.71. The molecule has 4 atom stereocenters. The number of nitrogen functional groups attached to an aromatic ring is 1. The van der Waals surface area contributed by atoms with Crippen LogP contribution in [-0.2, 0) is 28.8 Å². The van der Waals surface area contributed by atoms with E-state index in [1.807, 2.05) is 0 Å². The van der Waals surface area contributed by atoms with Crippen molar-refractivity contribution in [3.05, 3.63) is 11.1 Å². The van der Waals surface area contributed by atoms with Crippen LogP contribution in [-0.4, -0.2) is 74.5 Å². The van der Waals surface area contributed by atoms with Crippen LogP contribution in [0, 0.1) is 5.92 Å². The van der Waals surface area contributed by atoms with Crippen LogP contribution in [0.25, 0.3) is 0 Å². The lowest BCUT2D eigenvalue weighted by Crippen LogP contribution is -2.80. The number of amides is 2. The summed E-state index contributed by atoms with van der Waals surface area (Å²) in [5, 5.41) is 16.9. The number of β-lactam (4-membered cyclic amide) rings is 1. The third-order valence-corrected chi connectivity index (χ3v) is 6.95. The minimum Gasteiger partial charge on any atom is -0.477 e. The van der Waals surface area contributed by atoms with Crippen LogP contribution in [0.15, 0.2) is 10.5 Å². The van der Waals surface area contributed by atoms with E-state index in [2.05, 4.69) is 20.3 Å². The summed E-state index contributed by atoms with van der Waals surface area (Å²) in [6, 6.07) is -1.01. The number of carboxylic acids is 1. The summed E-state index contributed by atoms with van der Waals surface area (Å²) in [4.78, 5) is 58.8. The van der Waals surface area contributed by atoms with Crippen LogP contribution < -0.4 is 11.1 Å². The number of carbonyl (C=O) groups is 4. The molecule has 0 saturated carbocycles. The third-order valence-electron chi connectivity index (χ3n) is 4.86. The number of fused-ring (bicyclic) bond motifs is 3. The maximum Gasteiger partial charge on any atom is 0.370 e. The monoisotopic (exact) mass is 441 g/mol. The molecule has 1 aromatic heterocycles. The molecule has 2 amide bonds. The van der Waals surface area contributed by atoms with Gasteiger partial charge in [-0.25, -0.2) is 9.78 Å². The molecular formula is C15H15N5O7S2. The number of rotatable bonds is 5. The van der Waals surface area contributed by atoms with Gasteiger partial charge in [-0.05, 0) is 0 Å². The molecule has 154 valence electrons. The van der Waals surface area contributed by atoms with E-state index in [0.717, 1.165) is 16.2 Å². The number of anilines is 1. The Bertz CT molecular complexity index is 949. The number of carbonyl (C=O) groups excluding carboxylic acids is 3. The van der Waals surface area contributed by atoms with Crippen LogP contribution in [0.2, 0.25) is 0 Å². The smallest absolute Gasteiger partial charge is 0.370 e. The number of nitrogens with two attached hydrogens (primary N) is 1. The van der Waals surface area contributed by atoms with Gasteiger partial charge in [0.25, 0.3) is 17.5 Å². The van der Waals surface area contributed by atoms with E-state index in [-0.39, 0.29) is 23.0 Å². The van der Waals surface area contributed by atoms with Gasteiger partial charge in [-0.3, -0.25) is 19.3 Å². The maximum atomic E-state index is 12.8. The normalized spacial score (nSPS) is 30.7. The lowest BCUT2D eigenvalue weighted by molar-refractivity contribution is -0.215. The maximum absolute atomic E-state index is 12.8. The quantitative estimate of drug-likeness (QED) is 0.218. The van der Waals surface area contributed by atoms with Crippen LogP contribution in [0.1, 0.15) is 12.1 Å². The first-order valence-electron chi connectivity index (χ1n) is 8.33. The van der Waals surface area contributed by atoms with Gasteiger partial charge in [0.1, 0.15) is 24.2 Å². The summed E-state index contributed by atoms with van der Waals surface area (Å²) in [6.45, 7) is 0. The number of esters is 1. The molecular weight excluding hydrogens is 426 g/mol. The van der Waals surface area contributed by atoms with Gasteiger partial charge in [0.15, 0.2) is 10.8 Å². The standard InChI is InChI=1S/C15H15N5O7S2/c1-26-19-8(6-4-29-14(16)17-6)10(22)18-9-11(23)20-12(9)28-3-5-2-7(21)27-15(5,20)13(24)25/h4-5,9,12H,2-3H2,1H3,(H2,16,17)(H,18,22)(H,24,25)/b19-8+. The molecule has 0 radical (unpaired) electrons. The largest absolute Gasteiger partial charge is 0.477 e. The van der Waals surface area contributed by atoms with Crippen molar-refractivity contribution in [2.24, 2.45) is 11.1 Å². The summed E-state index contributed by atoms with van der Waals surface area (Å²) in [5.41, 5.74) is 3.56. The van der Waals surface area contributed by atoms with E-state index < -0.39 is 46.8 Å². The SMILES string of the molecule is CO/N=C(/C(=O)NC1C(=O)N2C1SCC1CC(=O)OC12C(=O)O)c1csc(N)n1. The number of thioether (sulfide) groups is 1. The number of oxime groups is 1. The second-order valence-electron chi connectivity index (χ2n) is 6.45. The molecule has 4 unspecified atom stereocenters. The summed E-state index contributed by atoms with van der Waals surface area (Å²) in [6.07, 6.45) is -0.0806. The molecule has 0 bridgehead atoms. The zero-order chi connectivity index (χ0) is 20.9. The Kier molecular flexibility index (Phi) is 4.61. The zero-order valence-corrected chi connectivity index (χ0v) is 16.5. The Morgan fingerprint density at radius 1 is 1.52 bits per heavy atom. The molecule has 4 rings (SSSR count). The molecule has 12 nitrogen and oxygen atoms in total. The molecule has 3 aliphatic rings. The van der Waals surface area contributed by atoms with Crippen molar-refractivity contribution in [3.63, 3.8) is 0 Å². The average molecular weight is 441 g/mol. The van der Waals surface area contributed by atoms with Crippen molar-refractivity contribution < 1.29 is 33.9 Å². The van der Waals surface area contributed by atoms with Crippen molar-refractivity contribution in [2.45, 2.75) is 23.6 Å². The highest BCUT2D eigenvalue weighted by Crippen LogP contribution is 2.51. The number of ether oxygens (including phenoxy) is 1. The van der Waals surface area contributed by atoms with Gasteiger partial charge in [0.2, 0.25) is 0 Å². The highest BCUT2D eigenvalue weighted by molar-refractivity contribution is 8.00. The third kappa shape index (κ3) is 2.81. The van der Waals surface area contributed by atoms with Crippen molar-refractivity contribution in [2.75, 3.05) is 18.6 Å². The number of nitrogens with one attached hydrogen (secondary N) is 1. The molecule has 0 spiro atoms. The second kappa shape index (κ2) is 6.88. The van der Waals surface area contributed by atoms with Crippen LogP contribution >= 0.6 is 23.1 Å². The molecule has 29 heavy (non-hydrogen) atoms. The van der Waals surface area contributed by atoms with Gasteiger partial charge >= 0.3 is 11.9 Å². The number of thiazole rings is 1. The van der Waals surface area contributed by atoms with Crippen molar-refractivity contribution in [1.29, 1.82) is 0 Å². The first-order chi connectivity index (χ1) is 13.8. The topological polar surface area (TPSA) is 174 Å². The van der Waals surface area contributed by atoms with Crippen molar-refractivity contribution in [1.82, 2.24) is 15.2 Å². The number of aliphatic carboxylic acids is 1. The molecule has 3 saturated heterocycles. The number of aromatic nitrogens is 1. The summed E-state index contributed by atoms with van der Waals surface area (Å²) in [5.74, 6) is -3.83. The first kappa shape index (κ1) is 19.4. The fraction of sp³-hybridized carbons (Fsp3) is 0.467. The predicted octanol–water partition coefficient (Wildman–Crippen LogP) is -1.18. The Morgan fingerprint density at radius 2 is 2.28 bits per heavy atom. The van der Waals surface area contributed by atoms with Gasteiger partial charge in [0, 0.05) is 17.1 Å². The summed E-state index contributed by atoms with van der Waals surface area (Å²) >= 11 is 2.38. The number of hydrogen-bond acceptors (Lipinski definition) is 11. The first-order valence-corrected chi connectivity index (χ1v) is 10.3. The van der Waals surface area contributed by atoms with E-state index in [0.29, 0.717) is 5.75 Å². The van der Waals surface area contributed by atoms with Crippen LogP contribution in [0.4, 0.5) is 5.13 Å². The Hall–Kier alpha value is -2.87. The fourth-order valence-electron chi connectivity index (χ4n) is 3.61. The minimum atomic E-state index is -2.03. The summed E-state index contributed by atoms with van der Waals surface area (Å²) < 4.78 is 5.10. The van der Waals surface area contributed by atoms with Crippen LogP contribution in [0.3, 0.4) is 0 Å². The van der Waals surface area contributed by atoms with Gasteiger partial charge in [0.05, 0.1) is 6.42 Å². The van der Waals surface area contributed by atoms with Crippen molar-refractivity contribution >= 4 is 57.7 Å². The number of nitrogens with zero attached hydrogens (tertiary/aromatic N) is 3. The van der Waals surface area contributed by atoms with E-state index in [1.165, 1.54) is 24.3 Å². The van der Waals surface area contributed by atoms with Gasteiger partial charge in [-0.1, -0.05) is 5.16 Å². The molecule has 3 fully saturated rings. The Balaban J connectivity index is 1.56. The predicted molar refractivity (Wildman–Crippen MR) is 99.7 cm³/mol. The van der Waals surface area contributed by atoms with Gasteiger partial charge < -0.3 is 25.7 Å². The molecule has 0 aromatic carbocycles. The Morgan fingerprint density at radius 3 is 2.90 bits per heavy atom. The lowest BCUT2D eigenvalue weighted by Gasteiger charge is -2.56. The number of carboxylic acid groups (broad SMARTS) is 1. The van der Waals surface area contributed by atoms with E-state index in [1.54, 1.807) is 0 Å². The summed E-state index contributed by atoms with van der Waals surface area (Å²) in [7, 11) is 1.25. The molecule has 0 aliphatic carbocycles. The molecule has 1 aromatic rings. The molecule has 4 heterocycles. The second-order valence-corrected chi connectivity index (χ2v) is 8.49. The lowest BCUT2D eigenvalue weighted by atomic mass is 9.89. The fourth-order valence-corrected chi connectivity index (χ4v) is 5.72. The molecule has 4 N–H and O–H groups in total. The number of hydrogen-bond donors (Lipinski definition) is 3. The Labute approximate surface area is 171 Å². The molecule has 14 heteroatoms. The molecule has 3 aliphatic heterocycles. The highest BCUT2D eigenvalue weighted by atomic mass is 32.2. The van der Waals surface area contributed by atoms with Gasteiger partial charge in [-0.2, -0.15) is 0 Å². The zero-order valence-electron chi connectivity index (χ0n) is 14.9. The average Bonchev–Trinajstić information content (AvgIpc) is 3.25. The van der Waals surface area contributed by atoms with Crippen molar-refractivity contribution in [3.8, 4) is 0 Å². The minimum absolute atomic E-state index is 0.0806.